The third-order valence-electron chi connectivity index (χ3n) is 1.06. The van der Waals surface area contributed by atoms with Gasteiger partial charge in [0.2, 0.25) is 5.84 Å². The monoisotopic (exact) mass is 135 g/mol. The highest BCUT2D eigenvalue weighted by molar-refractivity contribution is 6.69. The first kappa shape index (κ1) is 5.10. The van der Waals surface area contributed by atoms with Gasteiger partial charge in [0.15, 0.2) is 5.71 Å². The van der Waals surface area contributed by atoms with Crippen molar-refractivity contribution in [3.63, 3.8) is 0 Å². The summed E-state index contributed by atoms with van der Waals surface area (Å²) in [5, 5.41) is 9.80. The van der Waals surface area contributed by atoms with E-state index >= 15 is 0 Å². The molecule has 0 fully saturated rings. The van der Waals surface area contributed by atoms with Crippen LogP contribution in [0.5, 0.6) is 0 Å². The van der Waals surface area contributed by atoms with Gasteiger partial charge in [-0.3, -0.25) is 4.79 Å². The van der Waals surface area contributed by atoms with Crippen molar-refractivity contribution in [2.45, 2.75) is 0 Å². The van der Waals surface area contributed by atoms with Crippen LogP contribution in [0.4, 0.5) is 0 Å². The molecule has 2 rings (SSSR count). The zero-order chi connectivity index (χ0) is 6.97. The van der Waals surface area contributed by atoms with Crippen molar-refractivity contribution in [2.24, 2.45) is 25.4 Å². The highest BCUT2D eigenvalue weighted by atomic mass is 16.2. The molecule has 10 heavy (non-hydrogen) atoms. The van der Waals surface area contributed by atoms with Gasteiger partial charge < -0.3 is 0 Å². The Morgan fingerprint density at radius 2 is 2.30 bits per heavy atom. The summed E-state index contributed by atoms with van der Waals surface area (Å²) in [6.07, 6.45) is 1.25. The van der Waals surface area contributed by atoms with Gasteiger partial charge in [0.1, 0.15) is 6.34 Å². The van der Waals surface area contributed by atoms with Crippen molar-refractivity contribution in [2.75, 3.05) is 0 Å². The standard InChI is InChI=1S/C4HN5O/c10-4-2-3(6-1-5-2)7-9-8-4/h1H. The first-order valence-electron chi connectivity index (χ1n) is 2.51. The van der Waals surface area contributed by atoms with Crippen LogP contribution in [0.2, 0.25) is 0 Å². The van der Waals surface area contributed by atoms with Crippen LogP contribution in [0, 0.1) is 0 Å². The van der Waals surface area contributed by atoms with Crippen molar-refractivity contribution in [3.8, 4) is 0 Å². The molecule has 2 aliphatic rings. The number of carbonyl (C=O) groups is 1. The van der Waals surface area contributed by atoms with Crippen LogP contribution in [0.25, 0.3) is 0 Å². The molecule has 0 saturated carbocycles. The van der Waals surface area contributed by atoms with Gasteiger partial charge in [0.05, 0.1) is 0 Å². The normalized spacial score (nSPS) is 20.6. The summed E-state index contributed by atoms with van der Waals surface area (Å²) >= 11 is 0. The number of hydrogen-bond donors (Lipinski definition) is 0. The van der Waals surface area contributed by atoms with Gasteiger partial charge in [-0.05, 0) is 5.22 Å². The highest BCUT2D eigenvalue weighted by Crippen LogP contribution is 2.02. The minimum atomic E-state index is -0.484. The molecule has 0 bridgehead atoms. The molecular formula is C4HN5O. The lowest BCUT2D eigenvalue weighted by molar-refractivity contribution is -0.112. The Morgan fingerprint density at radius 3 is 3.10 bits per heavy atom. The maximum absolute atomic E-state index is 10.7. The van der Waals surface area contributed by atoms with Crippen molar-refractivity contribution in [1.82, 2.24) is 0 Å². The Hall–Kier alpha value is -1.72. The topological polar surface area (TPSA) is 78.9 Å². The van der Waals surface area contributed by atoms with Gasteiger partial charge in [-0.25, -0.2) is 9.98 Å². The van der Waals surface area contributed by atoms with Gasteiger partial charge in [-0.1, -0.05) is 5.11 Å². The number of amides is 1. The lowest BCUT2D eigenvalue weighted by Gasteiger charge is -1.94. The van der Waals surface area contributed by atoms with Gasteiger partial charge in [-0.15, -0.1) is 5.10 Å². The van der Waals surface area contributed by atoms with E-state index in [1.165, 1.54) is 6.34 Å². The lowest BCUT2D eigenvalue weighted by Crippen LogP contribution is -2.20. The van der Waals surface area contributed by atoms with E-state index in [0.29, 0.717) is 0 Å². The molecule has 0 aromatic carbocycles. The molecule has 2 aliphatic heterocycles. The SMILES string of the molecule is O=C1N=NN=C2N=CN=C12. The van der Waals surface area contributed by atoms with Gasteiger partial charge in [0.25, 0.3) is 0 Å². The Labute approximate surface area is 55.1 Å². The van der Waals surface area contributed by atoms with Gasteiger partial charge >= 0.3 is 5.91 Å². The molecule has 48 valence electrons. The van der Waals surface area contributed by atoms with Crippen LogP contribution in [0.15, 0.2) is 25.4 Å². The molecule has 0 unspecified atom stereocenters. The maximum Gasteiger partial charge on any atom is 0.319 e. The van der Waals surface area contributed by atoms with Crippen molar-refractivity contribution >= 4 is 23.8 Å². The van der Waals surface area contributed by atoms with E-state index in [2.05, 4.69) is 25.4 Å². The summed E-state index contributed by atoms with van der Waals surface area (Å²) in [6.45, 7) is 0. The van der Waals surface area contributed by atoms with Gasteiger partial charge in [-0.2, -0.15) is 0 Å². The molecular weight excluding hydrogens is 134 g/mol. The molecule has 2 heterocycles. The second-order valence-corrected chi connectivity index (χ2v) is 1.64. The first-order chi connectivity index (χ1) is 4.88. The van der Waals surface area contributed by atoms with Crippen LogP contribution in [-0.4, -0.2) is 23.8 Å². The molecule has 0 atom stereocenters. The number of amidine groups is 1. The number of nitrogens with zero attached hydrogens (tertiary/aromatic N) is 5. The van der Waals surface area contributed by atoms with E-state index in [9.17, 15) is 4.79 Å². The third kappa shape index (κ3) is 0.524. The maximum atomic E-state index is 10.7. The Bertz CT molecular complexity index is 304. The van der Waals surface area contributed by atoms with E-state index < -0.39 is 5.91 Å². The van der Waals surface area contributed by atoms with Crippen LogP contribution in [0.1, 0.15) is 0 Å². The largest absolute Gasteiger partial charge is 0.319 e. The summed E-state index contributed by atoms with van der Waals surface area (Å²) < 4.78 is 0. The first-order valence-corrected chi connectivity index (χ1v) is 2.51. The van der Waals surface area contributed by atoms with E-state index in [1.807, 2.05) is 0 Å². The molecule has 0 aliphatic carbocycles. The fraction of sp³-hybridized carbons (Fsp3) is 0. The summed E-state index contributed by atoms with van der Waals surface area (Å²) in [7, 11) is 0. The third-order valence-corrected chi connectivity index (χ3v) is 1.06. The van der Waals surface area contributed by atoms with Crippen molar-refractivity contribution < 1.29 is 4.79 Å². The van der Waals surface area contributed by atoms with Crippen LogP contribution in [0.3, 0.4) is 0 Å². The molecule has 6 heteroatoms. The fourth-order valence-corrected chi connectivity index (χ4v) is 0.637. The molecule has 0 saturated heterocycles. The summed E-state index contributed by atoms with van der Waals surface area (Å²) in [4.78, 5) is 18.0. The van der Waals surface area contributed by atoms with E-state index in [0.717, 1.165) is 0 Å². The number of aliphatic imine (C=N–C) groups is 2. The fourth-order valence-electron chi connectivity index (χ4n) is 0.637. The molecule has 0 radical (unpaired) electrons. The molecule has 0 aromatic heterocycles. The quantitative estimate of drug-likeness (QED) is 0.452. The lowest BCUT2D eigenvalue weighted by atomic mass is 10.3. The summed E-state index contributed by atoms with van der Waals surface area (Å²) in [6, 6.07) is 0. The summed E-state index contributed by atoms with van der Waals surface area (Å²) in [5.74, 6) is -0.234. The number of hydrogen-bond acceptors (Lipinski definition) is 5. The Morgan fingerprint density at radius 1 is 1.40 bits per heavy atom. The molecule has 0 spiro atoms. The van der Waals surface area contributed by atoms with E-state index in [1.54, 1.807) is 0 Å². The second-order valence-electron chi connectivity index (χ2n) is 1.64. The van der Waals surface area contributed by atoms with E-state index in [-0.39, 0.29) is 11.5 Å². The predicted octanol–water partition coefficient (Wildman–Crippen LogP) is -0.225. The second kappa shape index (κ2) is 1.63. The smallest absolute Gasteiger partial charge is 0.263 e. The zero-order valence-electron chi connectivity index (χ0n) is 4.72. The van der Waals surface area contributed by atoms with E-state index in [4.69, 9.17) is 0 Å². The van der Waals surface area contributed by atoms with Gasteiger partial charge in [0, 0.05) is 0 Å². The predicted molar refractivity (Wildman–Crippen MR) is 33.2 cm³/mol. The molecule has 1 amide bonds. The van der Waals surface area contributed by atoms with Crippen molar-refractivity contribution in [1.29, 1.82) is 0 Å². The average Bonchev–Trinajstić information content (AvgIpc) is 2.36. The van der Waals surface area contributed by atoms with Crippen molar-refractivity contribution in [3.05, 3.63) is 0 Å². The number of fused-ring (bicyclic) bond motifs is 1. The van der Waals surface area contributed by atoms with Crippen LogP contribution >= 0.6 is 0 Å². The van der Waals surface area contributed by atoms with Crippen LogP contribution in [-0.2, 0) is 4.79 Å². The molecule has 6 nitrogen and oxygen atoms in total. The molecule has 0 N–H and O–H groups in total. The number of rotatable bonds is 0. The highest BCUT2D eigenvalue weighted by Gasteiger charge is 2.23. The van der Waals surface area contributed by atoms with Crippen LogP contribution < -0.4 is 0 Å². The Kier molecular flexibility index (Phi) is 0.830. The summed E-state index contributed by atoms with van der Waals surface area (Å²) in [5.41, 5.74) is 0.176. The number of carbonyl (C=O) groups excluding carboxylic acids is 1. The zero-order valence-corrected chi connectivity index (χ0v) is 4.72. The minimum Gasteiger partial charge on any atom is -0.263 e. The average molecular weight is 135 g/mol. The minimum absolute atomic E-state index is 0.176. The molecule has 0 aromatic rings. The Balaban J connectivity index is 2.54.